The fraction of sp³-hybridized carbons (Fsp3) is 0.312. The second-order valence-electron chi connectivity index (χ2n) is 6.01. The number of hydrogen-bond acceptors (Lipinski definition) is 4. The number of carbonyl (C=O) groups is 1. The third-order valence-electron chi connectivity index (χ3n) is 3.13. The maximum absolute atomic E-state index is 12.4. The molecule has 0 fully saturated rings. The Kier molecular flexibility index (Phi) is 3.93. The van der Waals surface area contributed by atoms with Gasteiger partial charge in [-0.25, -0.2) is 4.98 Å². The summed E-state index contributed by atoms with van der Waals surface area (Å²) in [6.07, 6.45) is 1.69. The Morgan fingerprint density at radius 2 is 2.00 bits per heavy atom. The van der Waals surface area contributed by atoms with Gasteiger partial charge >= 0.3 is 0 Å². The van der Waals surface area contributed by atoms with Gasteiger partial charge in [0.05, 0.1) is 11.4 Å². The Morgan fingerprint density at radius 1 is 1.29 bits per heavy atom. The van der Waals surface area contributed by atoms with Crippen LogP contribution < -0.4 is 11.1 Å². The van der Waals surface area contributed by atoms with Gasteiger partial charge in [0.25, 0.3) is 5.91 Å². The Bertz CT molecular complexity index is 674. The first-order valence-electron chi connectivity index (χ1n) is 6.78. The lowest BCUT2D eigenvalue weighted by Crippen LogP contribution is -2.19. The van der Waals surface area contributed by atoms with Crippen molar-refractivity contribution in [3.8, 4) is 0 Å². The van der Waals surface area contributed by atoms with Gasteiger partial charge < -0.3 is 11.1 Å². The molecular weight excluding hydrogens is 264 g/mol. The van der Waals surface area contributed by atoms with E-state index >= 15 is 0 Å². The average Bonchev–Trinajstić information content (AvgIpc) is 2.39. The van der Waals surface area contributed by atoms with Gasteiger partial charge in [-0.1, -0.05) is 20.8 Å². The number of nitrogens with one attached hydrogen (secondary N) is 1. The third kappa shape index (κ3) is 3.56. The van der Waals surface area contributed by atoms with Crippen molar-refractivity contribution in [3.63, 3.8) is 0 Å². The van der Waals surface area contributed by atoms with Gasteiger partial charge in [0.2, 0.25) is 0 Å². The molecule has 2 heterocycles. The molecule has 110 valence electrons. The number of nitrogens with zero attached hydrogens (tertiary/aromatic N) is 2. The van der Waals surface area contributed by atoms with E-state index in [2.05, 4.69) is 15.3 Å². The van der Waals surface area contributed by atoms with E-state index in [4.69, 9.17) is 5.73 Å². The molecular formula is C16H20N4O. The van der Waals surface area contributed by atoms with Crippen LogP contribution in [0.2, 0.25) is 0 Å². The predicted octanol–water partition coefficient (Wildman–Crippen LogP) is 2.92. The summed E-state index contributed by atoms with van der Waals surface area (Å²) < 4.78 is 0. The van der Waals surface area contributed by atoms with Crippen molar-refractivity contribution in [2.45, 2.75) is 33.1 Å². The first-order chi connectivity index (χ1) is 9.77. The quantitative estimate of drug-likeness (QED) is 0.888. The van der Waals surface area contributed by atoms with E-state index in [0.29, 0.717) is 17.1 Å². The van der Waals surface area contributed by atoms with Crippen LogP contribution in [0.5, 0.6) is 0 Å². The summed E-state index contributed by atoms with van der Waals surface area (Å²) >= 11 is 0. The molecule has 0 aliphatic heterocycles. The van der Waals surface area contributed by atoms with Gasteiger partial charge in [0.1, 0.15) is 5.82 Å². The van der Waals surface area contributed by atoms with Crippen molar-refractivity contribution in [1.29, 1.82) is 0 Å². The van der Waals surface area contributed by atoms with Gasteiger partial charge in [-0.3, -0.25) is 9.78 Å². The summed E-state index contributed by atoms with van der Waals surface area (Å²) in [5.74, 6) is 0.126. The Balaban J connectivity index is 2.32. The van der Waals surface area contributed by atoms with E-state index in [1.807, 2.05) is 33.8 Å². The number of aromatic nitrogens is 2. The predicted molar refractivity (Wildman–Crippen MR) is 84.3 cm³/mol. The molecule has 0 unspecified atom stereocenters. The van der Waals surface area contributed by atoms with Gasteiger partial charge in [-0.2, -0.15) is 0 Å². The number of nitrogens with two attached hydrogens (primary N) is 1. The normalized spacial score (nSPS) is 11.2. The highest BCUT2D eigenvalue weighted by Crippen LogP contribution is 2.23. The van der Waals surface area contributed by atoms with Crippen LogP contribution in [0.15, 0.2) is 30.5 Å². The number of aryl methyl sites for hydroxylation is 1. The number of nitrogen functional groups attached to an aromatic ring is 1. The molecule has 0 radical (unpaired) electrons. The van der Waals surface area contributed by atoms with Crippen molar-refractivity contribution in [3.05, 3.63) is 47.4 Å². The number of pyridine rings is 2. The van der Waals surface area contributed by atoms with E-state index < -0.39 is 0 Å². The minimum Gasteiger partial charge on any atom is -0.384 e. The zero-order valence-corrected chi connectivity index (χ0v) is 12.8. The molecule has 3 N–H and O–H groups in total. The fourth-order valence-corrected chi connectivity index (χ4v) is 1.88. The maximum atomic E-state index is 12.4. The monoisotopic (exact) mass is 284 g/mol. The molecule has 5 nitrogen and oxygen atoms in total. The molecule has 0 atom stereocenters. The molecule has 0 aliphatic rings. The third-order valence-corrected chi connectivity index (χ3v) is 3.13. The van der Waals surface area contributed by atoms with Crippen LogP contribution in [0.25, 0.3) is 0 Å². The fourth-order valence-electron chi connectivity index (χ4n) is 1.88. The van der Waals surface area contributed by atoms with E-state index in [9.17, 15) is 4.79 Å². The molecule has 0 saturated carbocycles. The molecule has 0 aromatic carbocycles. The molecule has 0 saturated heterocycles. The highest BCUT2D eigenvalue weighted by atomic mass is 16.1. The van der Waals surface area contributed by atoms with Crippen LogP contribution in [0.4, 0.5) is 11.5 Å². The summed E-state index contributed by atoms with van der Waals surface area (Å²) in [5.41, 5.74) is 8.38. The van der Waals surface area contributed by atoms with Crippen molar-refractivity contribution < 1.29 is 4.79 Å². The highest BCUT2D eigenvalue weighted by Gasteiger charge is 2.19. The maximum Gasteiger partial charge on any atom is 0.255 e. The minimum atomic E-state index is -0.217. The Morgan fingerprint density at radius 3 is 2.62 bits per heavy atom. The molecule has 0 aliphatic carbocycles. The van der Waals surface area contributed by atoms with E-state index in [-0.39, 0.29) is 11.3 Å². The van der Waals surface area contributed by atoms with Crippen LogP contribution in [-0.4, -0.2) is 15.9 Å². The van der Waals surface area contributed by atoms with Gasteiger partial charge in [0, 0.05) is 22.9 Å². The van der Waals surface area contributed by atoms with Crippen LogP contribution in [-0.2, 0) is 5.41 Å². The largest absolute Gasteiger partial charge is 0.384 e. The lowest BCUT2D eigenvalue weighted by molar-refractivity contribution is 0.102. The lowest BCUT2D eigenvalue weighted by Gasteiger charge is -2.19. The zero-order valence-electron chi connectivity index (χ0n) is 12.8. The van der Waals surface area contributed by atoms with Crippen LogP contribution >= 0.6 is 0 Å². The van der Waals surface area contributed by atoms with Crippen molar-refractivity contribution in [1.82, 2.24) is 9.97 Å². The van der Waals surface area contributed by atoms with E-state index in [1.165, 1.54) is 0 Å². The van der Waals surface area contributed by atoms with Gasteiger partial charge in [-0.15, -0.1) is 0 Å². The lowest BCUT2D eigenvalue weighted by atomic mass is 9.90. The molecule has 21 heavy (non-hydrogen) atoms. The number of anilines is 2. The highest BCUT2D eigenvalue weighted by molar-refractivity contribution is 6.05. The average molecular weight is 284 g/mol. The van der Waals surface area contributed by atoms with E-state index in [1.54, 1.807) is 24.4 Å². The molecule has 0 bridgehead atoms. The number of amides is 1. The minimum absolute atomic E-state index is 0.172. The van der Waals surface area contributed by atoms with E-state index in [0.717, 1.165) is 11.4 Å². The molecule has 0 spiro atoms. The molecule has 5 heteroatoms. The molecule has 2 rings (SSSR count). The molecule has 2 aromatic rings. The topological polar surface area (TPSA) is 80.9 Å². The number of carbonyl (C=O) groups excluding carboxylic acids is 1. The summed E-state index contributed by atoms with van der Waals surface area (Å²) in [5, 5.41) is 2.85. The first kappa shape index (κ1) is 15.0. The van der Waals surface area contributed by atoms with Crippen LogP contribution in [0.1, 0.15) is 42.5 Å². The summed E-state index contributed by atoms with van der Waals surface area (Å²) in [6, 6.07) is 6.95. The first-order valence-corrected chi connectivity index (χ1v) is 6.78. The summed E-state index contributed by atoms with van der Waals surface area (Å²) in [7, 11) is 0. The Labute approximate surface area is 124 Å². The standard InChI is InChI=1S/C16H20N4O/c1-10-12(6-5-7-18-10)19-15(21)11-8-13(16(2,3)4)20-14(17)9-11/h5-9H,1-4H3,(H2,17,20)(H,19,21). The van der Waals surface area contributed by atoms with Gasteiger partial charge in [0.15, 0.2) is 0 Å². The van der Waals surface area contributed by atoms with Gasteiger partial charge in [-0.05, 0) is 31.2 Å². The number of rotatable bonds is 2. The van der Waals surface area contributed by atoms with Crippen molar-refractivity contribution in [2.75, 3.05) is 11.1 Å². The Hall–Kier alpha value is -2.43. The molecule has 2 aromatic heterocycles. The zero-order chi connectivity index (χ0) is 15.6. The summed E-state index contributed by atoms with van der Waals surface area (Å²) in [6.45, 7) is 7.93. The second-order valence-corrected chi connectivity index (χ2v) is 6.01. The smallest absolute Gasteiger partial charge is 0.255 e. The van der Waals surface area contributed by atoms with Crippen molar-refractivity contribution >= 4 is 17.4 Å². The second kappa shape index (κ2) is 5.52. The summed E-state index contributed by atoms with van der Waals surface area (Å²) in [4.78, 5) is 20.8. The SMILES string of the molecule is Cc1ncccc1NC(=O)c1cc(N)nc(C(C)(C)C)c1. The number of hydrogen-bond donors (Lipinski definition) is 2. The van der Waals surface area contributed by atoms with Crippen LogP contribution in [0.3, 0.4) is 0 Å². The van der Waals surface area contributed by atoms with Crippen LogP contribution in [0, 0.1) is 6.92 Å². The van der Waals surface area contributed by atoms with Crippen molar-refractivity contribution in [2.24, 2.45) is 0 Å². The molecule has 1 amide bonds.